The number of piperazine rings is 1. The van der Waals surface area contributed by atoms with Gasteiger partial charge in [-0.2, -0.15) is 0 Å². The van der Waals surface area contributed by atoms with Crippen LogP contribution in [-0.4, -0.2) is 41.5 Å². The molecule has 1 aliphatic heterocycles. The third-order valence-corrected chi connectivity index (χ3v) is 4.18. The highest BCUT2D eigenvalue weighted by molar-refractivity contribution is 6.30. The van der Waals surface area contributed by atoms with E-state index in [4.69, 9.17) is 11.6 Å². The number of carbonyl (C=O) groups excluding carboxylic acids is 1. The van der Waals surface area contributed by atoms with E-state index >= 15 is 0 Å². The Bertz CT molecular complexity index is 679. The van der Waals surface area contributed by atoms with Crippen molar-refractivity contribution in [2.45, 2.75) is 13.0 Å². The summed E-state index contributed by atoms with van der Waals surface area (Å²) in [5, 5.41) is 3.98. The smallest absolute Gasteiger partial charge is 0.255 e. The molecule has 24 heavy (non-hydrogen) atoms. The second-order valence-electron chi connectivity index (χ2n) is 5.52. The number of nitrogens with one attached hydrogen (secondary N) is 1. The maximum atomic E-state index is 12.7. The van der Waals surface area contributed by atoms with Gasteiger partial charge in [-0.15, -0.1) is 24.8 Å². The molecule has 3 rings (SSSR count). The van der Waals surface area contributed by atoms with E-state index in [1.165, 1.54) is 0 Å². The summed E-state index contributed by atoms with van der Waals surface area (Å²) in [5.74, 6) is 0.0392. The number of rotatable bonds is 2. The molecular weight excluding hydrogens is 369 g/mol. The first kappa shape index (κ1) is 20.7. The molecule has 0 spiro atoms. The van der Waals surface area contributed by atoms with Gasteiger partial charge in [0.1, 0.15) is 0 Å². The van der Waals surface area contributed by atoms with E-state index in [9.17, 15) is 4.79 Å². The molecule has 0 bridgehead atoms. The molecule has 0 unspecified atom stereocenters. The molecule has 1 aromatic heterocycles. The van der Waals surface area contributed by atoms with Crippen LogP contribution >= 0.6 is 36.4 Å². The molecule has 7 heteroatoms. The third kappa shape index (κ3) is 4.61. The Kier molecular flexibility index (Phi) is 7.97. The lowest BCUT2D eigenvalue weighted by molar-refractivity contribution is 0.0655. The van der Waals surface area contributed by atoms with Crippen molar-refractivity contribution in [3.63, 3.8) is 0 Å². The first-order valence-electron chi connectivity index (χ1n) is 7.38. The van der Waals surface area contributed by atoms with Gasteiger partial charge in [0.2, 0.25) is 0 Å². The van der Waals surface area contributed by atoms with E-state index in [2.05, 4.69) is 17.2 Å². The zero-order valence-corrected chi connectivity index (χ0v) is 15.6. The topological polar surface area (TPSA) is 45.2 Å². The van der Waals surface area contributed by atoms with Gasteiger partial charge in [-0.25, -0.2) is 0 Å². The minimum atomic E-state index is 0. The second-order valence-corrected chi connectivity index (χ2v) is 5.96. The largest absolute Gasteiger partial charge is 0.333 e. The van der Waals surface area contributed by atoms with Crippen molar-refractivity contribution in [3.05, 3.63) is 53.3 Å². The van der Waals surface area contributed by atoms with Gasteiger partial charge in [0, 0.05) is 48.7 Å². The summed E-state index contributed by atoms with van der Waals surface area (Å²) >= 11 is 5.92. The van der Waals surface area contributed by atoms with Crippen LogP contribution in [0.2, 0.25) is 5.02 Å². The number of carbonyl (C=O) groups is 1. The van der Waals surface area contributed by atoms with Gasteiger partial charge in [-0.1, -0.05) is 23.7 Å². The zero-order valence-electron chi connectivity index (χ0n) is 13.2. The van der Waals surface area contributed by atoms with E-state index in [0.717, 1.165) is 30.8 Å². The molecule has 2 heterocycles. The highest BCUT2D eigenvalue weighted by Gasteiger charge is 2.24. The Morgan fingerprint density at radius 2 is 1.92 bits per heavy atom. The Labute approximate surface area is 159 Å². The van der Waals surface area contributed by atoms with E-state index < -0.39 is 0 Å². The maximum Gasteiger partial charge on any atom is 0.255 e. The van der Waals surface area contributed by atoms with Gasteiger partial charge < -0.3 is 10.2 Å². The molecule has 0 aliphatic carbocycles. The van der Waals surface area contributed by atoms with Crippen LogP contribution in [0.25, 0.3) is 11.1 Å². The fraction of sp³-hybridized carbons (Fsp3) is 0.294. The Hall–Kier alpha value is -1.33. The molecule has 1 amide bonds. The minimum Gasteiger partial charge on any atom is -0.333 e. The van der Waals surface area contributed by atoms with Gasteiger partial charge in [-0.05, 0) is 30.7 Å². The lowest BCUT2D eigenvalue weighted by atomic mass is 10.1. The van der Waals surface area contributed by atoms with Crippen LogP contribution in [0, 0.1) is 0 Å². The fourth-order valence-electron chi connectivity index (χ4n) is 2.67. The fourth-order valence-corrected chi connectivity index (χ4v) is 2.79. The van der Waals surface area contributed by atoms with Gasteiger partial charge in [0.05, 0.1) is 5.56 Å². The predicted molar refractivity (Wildman–Crippen MR) is 103 cm³/mol. The predicted octanol–water partition coefficient (Wildman–Crippen LogP) is 3.68. The number of benzene rings is 1. The van der Waals surface area contributed by atoms with Crippen molar-refractivity contribution in [3.8, 4) is 11.1 Å². The minimum absolute atomic E-state index is 0. The number of aromatic nitrogens is 1. The molecule has 0 radical (unpaired) electrons. The molecule has 1 saturated heterocycles. The van der Waals surface area contributed by atoms with Crippen LogP contribution in [0.4, 0.5) is 0 Å². The Morgan fingerprint density at radius 3 is 2.58 bits per heavy atom. The number of hydrogen-bond donors (Lipinski definition) is 1. The highest BCUT2D eigenvalue weighted by Crippen LogP contribution is 2.22. The number of halogens is 3. The van der Waals surface area contributed by atoms with Crippen molar-refractivity contribution in [2.24, 2.45) is 0 Å². The number of pyridine rings is 1. The van der Waals surface area contributed by atoms with Crippen LogP contribution in [0.5, 0.6) is 0 Å². The molecule has 1 aliphatic rings. The summed E-state index contributed by atoms with van der Waals surface area (Å²) in [4.78, 5) is 18.8. The molecule has 2 aromatic rings. The third-order valence-electron chi connectivity index (χ3n) is 3.92. The lowest BCUT2D eigenvalue weighted by Crippen LogP contribution is -2.52. The number of amides is 1. The van der Waals surface area contributed by atoms with Crippen molar-refractivity contribution >= 4 is 42.3 Å². The molecule has 0 saturated carbocycles. The van der Waals surface area contributed by atoms with Crippen LogP contribution in [0.15, 0.2) is 42.7 Å². The van der Waals surface area contributed by atoms with Crippen LogP contribution < -0.4 is 5.32 Å². The highest BCUT2D eigenvalue weighted by atomic mass is 35.5. The molecule has 1 fully saturated rings. The first-order chi connectivity index (χ1) is 10.6. The first-order valence-corrected chi connectivity index (χ1v) is 7.75. The quantitative estimate of drug-likeness (QED) is 0.853. The van der Waals surface area contributed by atoms with E-state index in [-0.39, 0.29) is 36.8 Å². The van der Waals surface area contributed by atoms with E-state index in [0.29, 0.717) is 10.6 Å². The Balaban J connectivity index is 0.00000144. The normalized spacial score (nSPS) is 16.8. The van der Waals surface area contributed by atoms with E-state index in [1.54, 1.807) is 12.4 Å². The van der Waals surface area contributed by atoms with Crippen LogP contribution in [0.3, 0.4) is 0 Å². The van der Waals surface area contributed by atoms with E-state index in [1.807, 2.05) is 35.2 Å². The average Bonchev–Trinajstić information content (AvgIpc) is 2.55. The van der Waals surface area contributed by atoms with Crippen LogP contribution in [0.1, 0.15) is 17.3 Å². The van der Waals surface area contributed by atoms with Crippen molar-refractivity contribution in [2.75, 3.05) is 19.6 Å². The average molecular weight is 389 g/mol. The Morgan fingerprint density at radius 1 is 1.21 bits per heavy atom. The molecule has 1 aromatic carbocycles. The summed E-state index contributed by atoms with van der Waals surface area (Å²) in [6, 6.07) is 9.63. The SMILES string of the molecule is C[C@@H]1CNCCN1C(=O)c1cncc(-c2ccc(Cl)cc2)c1.Cl.Cl. The summed E-state index contributed by atoms with van der Waals surface area (Å²) in [5.41, 5.74) is 2.55. The zero-order chi connectivity index (χ0) is 15.5. The van der Waals surface area contributed by atoms with Crippen molar-refractivity contribution < 1.29 is 4.79 Å². The van der Waals surface area contributed by atoms with Crippen LogP contribution in [-0.2, 0) is 0 Å². The molecule has 130 valence electrons. The summed E-state index contributed by atoms with van der Waals surface area (Å²) in [6.07, 6.45) is 3.40. The molecule has 1 atom stereocenters. The van der Waals surface area contributed by atoms with Crippen molar-refractivity contribution in [1.82, 2.24) is 15.2 Å². The number of hydrogen-bond acceptors (Lipinski definition) is 3. The van der Waals surface area contributed by atoms with Crippen molar-refractivity contribution in [1.29, 1.82) is 0 Å². The molecule has 1 N–H and O–H groups in total. The summed E-state index contributed by atoms with van der Waals surface area (Å²) in [6.45, 7) is 4.45. The monoisotopic (exact) mass is 387 g/mol. The second kappa shape index (κ2) is 9.23. The molecule has 4 nitrogen and oxygen atoms in total. The van der Waals surface area contributed by atoms with Gasteiger partial charge in [0.25, 0.3) is 5.91 Å². The summed E-state index contributed by atoms with van der Waals surface area (Å²) < 4.78 is 0. The maximum absolute atomic E-state index is 12.7. The lowest BCUT2D eigenvalue weighted by Gasteiger charge is -2.34. The number of nitrogens with zero attached hydrogens (tertiary/aromatic N) is 2. The standard InChI is InChI=1S/C17H18ClN3O.2ClH/c1-12-9-19-6-7-21(12)17(22)15-8-14(10-20-11-15)13-2-4-16(18)5-3-13;;/h2-5,8,10-12,19H,6-7,9H2,1H3;2*1H/t12-;;/m1../s1. The van der Waals surface area contributed by atoms with Gasteiger partial charge in [0.15, 0.2) is 0 Å². The van der Waals surface area contributed by atoms with Gasteiger partial charge in [-0.3, -0.25) is 9.78 Å². The molecular formula is C17H20Cl3N3O. The van der Waals surface area contributed by atoms with Gasteiger partial charge >= 0.3 is 0 Å². The summed E-state index contributed by atoms with van der Waals surface area (Å²) in [7, 11) is 0.